The van der Waals surface area contributed by atoms with Gasteiger partial charge in [-0.3, -0.25) is 4.79 Å². The number of amides is 1. The van der Waals surface area contributed by atoms with Gasteiger partial charge in [0, 0.05) is 26.6 Å². The van der Waals surface area contributed by atoms with Crippen LogP contribution in [0.15, 0.2) is 12.7 Å². The predicted molar refractivity (Wildman–Crippen MR) is 71.8 cm³/mol. The molecular formula is C14H26N2O. The smallest absolute Gasteiger partial charge is 0.220 e. The molecule has 98 valence electrons. The van der Waals surface area contributed by atoms with Crippen LogP contribution in [0, 0.1) is 11.3 Å². The van der Waals surface area contributed by atoms with E-state index in [1.165, 1.54) is 0 Å². The number of hydrogen-bond donors (Lipinski definition) is 1. The Kier molecular flexibility index (Phi) is 5.19. The van der Waals surface area contributed by atoms with E-state index in [2.05, 4.69) is 30.6 Å². The minimum Gasteiger partial charge on any atom is -0.359 e. The molecule has 1 heterocycles. The van der Waals surface area contributed by atoms with Crippen molar-refractivity contribution in [3.8, 4) is 0 Å². The first kappa shape index (κ1) is 14.2. The number of rotatable bonds is 6. The quantitative estimate of drug-likeness (QED) is 0.718. The van der Waals surface area contributed by atoms with E-state index in [-0.39, 0.29) is 5.91 Å². The van der Waals surface area contributed by atoms with Crippen LogP contribution >= 0.6 is 0 Å². The summed E-state index contributed by atoms with van der Waals surface area (Å²) in [6, 6.07) is 0. The van der Waals surface area contributed by atoms with E-state index in [1.807, 2.05) is 6.08 Å². The molecule has 1 aliphatic heterocycles. The summed E-state index contributed by atoms with van der Waals surface area (Å²) < 4.78 is 0. The summed E-state index contributed by atoms with van der Waals surface area (Å²) in [4.78, 5) is 13.8. The van der Waals surface area contributed by atoms with Gasteiger partial charge in [0.15, 0.2) is 0 Å². The first-order chi connectivity index (χ1) is 7.96. The van der Waals surface area contributed by atoms with Gasteiger partial charge in [-0.25, -0.2) is 0 Å². The molecule has 1 unspecified atom stereocenters. The van der Waals surface area contributed by atoms with Crippen LogP contribution in [-0.4, -0.2) is 37.5 Å². The van der Waals surface area contributed by atoms with E-state index in [9.17, 15) is 4.79 Å². The van der Waals surface area contributed by atoms with Gasteiger partial charge in [-0.05, 0) is 30.7 Å². The van der Waals surface area contributed by atoms with Crippen molar-refractivity contribution in [2.45, 2.75) is 33.1 Å². The average molecular weight is 238 g/mol. The number of carbonyl (C=O) groups excluding carboxylic acids is 1. The minimum absolute atomic E-state index is 0.169. The second-order valence-electron chi connectivity index (χ2n) is 5.92. The van der Waals surface area contributed by atoms with Crippen LogP contribution in [0.25, 0.3) is 0 Å². The van der Waals surface area contributed by atoms with Crippen LogP contribution in [0.5, 0.6) is 0 Å². The normalized spacial score (nSPS) is 21.5. The molecular weight excluding hydrogens is 212 g/mol. The third-order valence-electron chi connectivity index (χ3n) is 3.47. The Morgan fingerprint density at radius 1 is 1.59 bits per heavy atom. The summed E-state index contributed by atoms with van der Waals surface area (Å²) in [5.74, 6) is 0.705. The SMILES string of the molecule is C=CCC(C)(C)CN1CCC(CC(=O)NC)C1. The van der Waals surface area contributed by atoms with Gasteiger partial charge in [0.1, 0.15) is 0 Å². The maximum absolute atomic E-state index is 11.3. The summed E-state index contributed by atoms with van der Waals surface area (Å²) in [7, 11) is 1.71. The van der Waals surface area contributed by atoms with Gasteiger partial charge in [-0.1, -0.05) is 19.9 Å². The number of allylic oxidation sites excluding steroid dienone is 1. The molecule has 1 amide bonds. The van der Waals surface area contributed by atoms with Gasteiger partial charge in [0.25, 0.3) is 0 Å². The highest BCUT2D eigenvalue weighted by Gasteiger charge is 2.28. The van der Waals surface area contributed by atoms with Gasteiger partial charge in [0.2, 0.25) is 5.91 Å². The summed E-state index contributed by atoms with van der Waals surface area (Å²) in [6.45, 7) is 11.7. The molecule has 0 bridgehead atoms. The summed E-state index contributed by atoms with van der Waals surface area (Å²) in [5, 5.41) is 2.70. The van der Waals surface area contributed by atoms with E-state index >= 15 is 0 Å². The lowest BCUT2D eigenvalue weighted by Gasteiger charge is -2.29. The maximum Gasteiger partial charge on any atom is 0.220 e. The Balaban J connectivity index is 2.35. The van der Waals surface area contributed by atoms with Gasteiger partial charge in [-0.15, -0.1) is 6.58 Å². The van der Waals surface area contributed by atoms with Crippen molar-refractivity contribution >= 4 is 5.91 Å². The van der Waals surface area contributed by atoms with Crippen molar-refractivity contribution < 1.29 is 4.79 Å². The molecule has 1 rings (SSSR count). The molecule has 0 aromatic carbocycles. The number of nitrogens with one attached hydrogen (secondary N) is 1. The molecule has 3 nitrogen and oxygen atoms in total. The Hall–Kier alpha value is -0.830. The topological polar surface area (TPSA) is 32.3 Å². The van der Waals surface area contributed by atoms with Crippen LogP contribution in [0.1, 0.15) is 33.1 Å². The van der Waals surface area contributed by atoms with Crippen LogP contribution in [0.2, 0.25) is 0 Å². The molecule has 1 N–H and O–H groups in total. The monoisotopic (exact) mass is 238 g/mol. The summed E-state index contributed by atoms with van der Waals surface area (Å²) in [6.07, 6.45) is 4.87. The van der Waals surface area contributed by atoms with Crippen molar-refractivity contribution in [3.63, 3.8) is 0 Å². The Morgan fingerprint density at radius 3 is 2.88 bits per heavy atom. The molecule has 0 spiro atoms. The zero-order valence-corrected chi connectivity index (χ0v) is 11.5. The van der Waals surface area contributed by atoms with E-state index in [1.54, 1.807) is 7.05 Å². The minimum atomic E-state index is 0.169. The van der Waals surface area contributed by atoms with Gasteiger partial charge in [0.05, 0.1) is 0 Å². The van der Waals surface area contributed by atoms with E-state index < -0.39 is 0 Å². The van der Waals surface area contributed by atoms with Gasteiger partial charge < -0.3 is 10.2 Å². The fourth-order valence-corrected chi connectivity index (χ4v) is 2.65. The molecule has 1 aliphatic rings. The van der Waals surface area contributed by atoms with Crippen LogP contribution in [0.3, 0.4) is 0 Å². The number of hydrogen-bond acceptors (Lipinski definition) is 2. The lowest BCUT2D eigenvalue weighted by Crippen LogP contribution is -2.33. The molecule has 1 atom stereocenters. The Bertz CT molecular complexity index is 273. The average Bonchev–Trinajstić information content (AvgIpc) is 2.64. The second-order valence-corrected chi connectivity index (χ2v) is 5.92. The van der Waals surface area contributed by atoms with Crippen molar-refractivity contribution in [1.29, 1.82) is 0 Å². The first-order valence-corrected chi connectivity index (χ1v) is 6.50. The van der Waals surface area contributed by atoms with Crippen LogP contribution < -0.4 is 5.32 Å². The highest BCUT2D eigenvalue weighted by molar-refractivity contribution is 5.75. The first-order valence-electron chi connectivity index (χ1n) is 6.50. The standard InChI is InChI=1S/C14H26N2O/c1-5-7-14(2,3)11-16-8-6-12(10-16)9-13(17)15-4/h5,12H,1,6-11H2,2-4H3,(H,15,17). The molecule has 0 saturated carbocycles. The molecule has 1 fully saturated rings. The molecule has 0 radical (unpaired) electrons. The Labute approximate surface area is 105 Å². The van der Waals surface area contributed by atoms with Crippen molar-refractivity contribution in [2.75, 3.05) is 26.7 Å². The fraction of sp³-hybridized carbons (Fsp3) is 0.786. The zero-order chi connectivity index (χ0) is 12.9. The van der Waals surface area contributed by atoms with E-state index in [0.29, 0.717) is 17.8 Å². The molecule has 0 aromatic rings. The van der Waals surface area contributed by atoms with E-state index in [0.717, 1.165) is 32.5 Å². The van der Waals surface area contributed by atoms with Crippen LogP contribution in [0.4, 0.5) is 0 Å². The number of carbonyl (C=O) groups is 1. The predicted octanol–water partition coefficient (Wildman–Crippen LogP) is 2.05. The summed E-state index contributed by atoms with van der Waals surface area (Å²) in [5.41, 5.74) is 0.295. The maximum atomic E-state index is 11.3. The summed E-state index contributed by atoms with van der Waals surface area (Å²) >= 11 is 0. The zero-order valence-electron chi connectivity index (χ0n) is 11.5. The molecule has 3 heteroatoms. The number of likely N-dealkylation sites (tertiary alicyclic amines) is 1. The Morgan fingerprint density at radius 2 is 2.29 bits per heavy atom. The molecule has 0 aromatic heterocycles. The van der Waals surface area contributed by atoms with E-state index in [4.69, 9.17) is 0 Å². The van der Waals surface area contributed by atoms with Crippen molar-refractivity contribution in [1.82, 2.24) is 10.2 Å². The van der Waals surface area contributed by atoms with Crippen molar-refractivity contribution in [3.05, 3.63) is 12.7 Å². The second kappa shape index (κ2) is 6.20. The van der Waals surface area contributed by atoms with Crippen molar-refractivity contribution in [2.24, 2.45) is 11.3 Å². The highest BCUT2D eigenvalue weighted by Crippen LogP contribution is 2.27. The largest absolute Gasteiger partial charge is 0.359 e. The van der Waals surface area contributed by atoms with Gasteiger partial charge >= 0.3 is 0 Å². The molecule has 17 heavy (non-hydrogen) atoms. The molecule has 1 saturated heterocycles. The van der Waals surface area contributed by atoms with Crippen LogP contribution in [-0.2, 0) is 4.79 Å². The number of nitrogens with zero attached hydrogens (tertiary/aromatic N) is 1. The molecule has 0 aliphatic carbocycles. The third kappa shape index (κ3) is 4.90. The van der Waals surface area contributed by atoms with Gasteiger partial charge in [-0.2, -0.15) is 0 Å². The fourth-order valence-electron chi connectivity index (χ4n) is 2.65. The highest BCUT2D eigenvalue weighted by atomic mass is 16.1. The lowest BCUT2D eigenvalue weighted by atomic mass is 9.89. The third-order valence-corrected chi connectivity index (χ3v) is 3.47. The lowest BCUT2D eigenvalue weighted by molar-refractivity contribution is -0.121.